The van der Waals surface area contributed by atoms with Crippen molar-refractivity contribution in [2.75, 3.05) is 33.2 Å². The Morgan fingerprint density at radius 2 is 1.76 bits per heavy atom. The number of methoxy groups -OCH3 is 3. The third kappa shape index (κ3) is 4.27. The molecule has 1 rings (SSSR count). The second kappa shape index (κ2) is 7.54. The summed E-state index contributed by atoms with van der Waals surface area (Å²) in [5.41, 5.74) is 0.389. The highest BCUT2D eigenvalue weighted by atomic mass is 79.9. The van der Waals surface area contributed by atoms with Crippen molar-refractivity contribution >= 4 is 21.8 Å². The van der Waals surface area contributed by atoms with E-state index in [0.29, 0.717) is 29.4 Å². The average Bonchev–Trinajstić information content (AvgIpc) is 2.50. The Labute approximate surface area is 134 Å². The van der Waals surface area contributed by atoms with Crippen LogP contribution in [-0.2, 0) is 0 Å². The second-order valence-corrected chi connectivity index (χ2v) is 5.92. The first-order valence-electron chi connectivity index (χ1n) is 6.53. The summed E-state index contributed by atoms with van der Waals surface area (Å²) in [5, 5.41) is 3.70. The maximum absolute atomic E-state index is 12.4. The van der Waals surface area contributed by atoms with Crippen molar-refractivity contribution in [2.45, 2.75) is 13.8 Å². The number of nitrogens with one attached hydrogen (secondary N) is 1. The number of hydrogen-bond donors (Lipinski definition) is 1. The summed E-state index contributed by atoms with van der Waals surface area (Å²) in [6.45, 7) is 4.68. The summed E-state index contributed by atoms with van der Waals surface area (Å²) in [7, 11) is 4.54. The van der Waals surface area contributed by atoms with E-state index in [1.165, 1.54) is 21.3 Å². The van der Waals surface area contributed by atoms with Gasteiger partial charge < -0.3 is 19.5 Å². The lowest BCUT2D eigenvalue weighted by molar-refractivity contribution is 0.0936. The van der Waals surface area contributed by atoms with E-state index in [-0.39, 0.29) is 11.3 Å². The normalized spacial score (nSPS) is 11.0. The lowest BCUT2D eigenvalue weighted by Crippen LogP contribution is -2.35. The van der Waals surface area contributed by atoms with Gasteiger partial charge in [0.25, 0.3) is 5.91 Å². The third-order valence-corrected chi connectivity index (χ3v) is 4.56. The molecule has 1 aromatic rings. The molecule has 6 heteroatoms. The summed E-state index contributed by atoms with van der Waals surface area (Å²) in [5.74, 6) is 1.09. The van der Waals surface area contributed by atoms with Gasteiger partial charge in [0.15, 0.2) is 11.5 Å². The minimum atomic E-state index is -0.207. The molecule has 1 amide bonds. The van der Waals surface area contributed by atoms with Gasteiger partial charge in [-0.1, -0.05) is 29.8 Å². The first kappa shape index (κ1) is 17.6. The Kier molecular flexibility index (Phi) is 6.33. The van der Waals surface area contributed by atoms with Gasteiger partial charge in [-0.05, 0) is 17.5 Å². The third-order valence-electron chi connectivity index (χ3n) is 3.04. The molecule has 5 nitrogen and oxygen atoms in total. The number of hydrogen-bond acceptors (Lipinski definition) is 4. The number of carbonyl (C=O) groups excluding carboxylic acids is 1. The van der Waals surface area contributed by atoms with Crippen LogP contribution >= 0.6 is 15.9 Å². The number of alkyl halides is 1. The number of ether oxygens (including phenoxy) is 3. The first-order chi connectivity index (χ1) is 9.90. The largest absolute Gasteiger partial charge is 0.493 e. The predicted octanol–water partition coefficient (Wildman–Crippen LogP) is 2.86. The van der Waals surface area contributed by atoms with Crippen molar-refractivity contribution in [3.63, 3.8) is 0 Å². The van der Waals surface area contributed by atoms with Crippen LogP contribution < -0.4 is 19.5 Å². The lowest BCUT2D eigenvalue weighted by Gasteiger charge is -2.22. The summed E-state index contributed by atoms with van der Waals surface area (Å²) in [6, 6.07) is 3.35. The fraction of sp³-hybridized carbons (Fsp3) is 0.533. The number of halogens is 1. The highest BCUT2D eigenvalue weighted by Crippen LogP contribution is 2.39. The topological polar surface area (TPSA) is 56.8 Å². The zero-order valence-electron chi connectivity index (χ0n) is 13.1. The van der Waals surface area contributed by atoms with E-state index in [0.717, 1.165) is 5.33 Å². The van der Waals surface area contributed by atoms with Crippen molar-refractivity contribution in [2.24, 2.45) is 5.41 Å². The van der Waals surface area contributed by atoms with Crippen molar-refractivity contribution in [3.8, 4) is 17.2 Å². The van der Waals surface area contributed by atoms with E-state index < -0.39 is 0 Å². The Morgan fingerprint density at radius 3 is 2.24 bits per heavy atom. The van der Waals surface area contributed by atoms with Crippen molar-refractivity contribution in [1.82, 2.24) is 5.32 Å². The van der Waals surface area contributed by atoms with E-state index in [1.807, 2.05) is 0 Å². The van der Waals surface area contributed by atoms with E-state index in [4.69, 9.17) is 14.2 Å². The van der Waals surface area contributed by atoms with Crippen LogP contribution in [0.4, 0.5) is 0 Å². The Balaban J connectivity index is 3.04. The average molecular weight is 360 g/mol. The maximum atomic E-state index is 12.4. The highest BCUT2D eigenvalue weighted by molar-refractivity contribution is 9.09. The van der Waals surface area contributed by atoms with E-state index >= 15 is 0 Å². The van der Waals surface area contributed by atoms with Crippen LogP contribution in [0.2, 0.25) is 0 Å². The predicted molar refractivity (Wildman–Crippen MR) is 86.0 cm³/mol. The molecule has 1 aromatic carbocycles. The molecule has 0 heterocycles. The smallest absolute Gasteiger partial charge is 0.255 e. The number of amides is 1. The van der Waals surface area contributed by atoms with Crippen LogP contribution in [0.1, 0.15) is 24.2 Å². The maximum Gasteiger partial charge on any atom is 0.255 e. The molecule has 0 fully saturated rings. The van der Waals surface area contributed by atoms with Crippen LogP contribution in [-0.4, -0.2) is 39.1 Å². The number of rotatable bonds is 7. The van der Waals surface area contributed by atoms with Crippen molar-refractivity contribution < 1.29 is 19.0 Å². The molecule has 118 valence electrons. The molecule has 1 N–H and O–H groups in total. The Hall–Kier alpha value is -1.43. The molecule has 0 radical (unpaired) electrons. The molecule has 0 saturated heterocycles. The molecule has 0 aliphatic heterocycles. The van der Waals surface area contributed by atoms with Gasteiger partial charge in [0, 0.05) is 11.9 Å². The van der Waals surface area contributed by atoms with E-state index in [9.17, 15) is 4.79 Å². The van der Waals surface area contributed by atoms with Gasteiger partial charge in [-0.3, -0.25) is 4.79 Å². The molecule has 0 atom stereocenters. The van der Waals surface area contributed by atoms with Gasteiger partial charge in [-0.15, -0.1) is 0 Å². The molecule has 21 heavy (non-hydrogen) atoms. The zero-order valence-corrected chi connectivity index (χ0v) is 14.7. The van der Waals surface area contributed by atoms with Gasteiger partial charge in [0.2, 0.25) is 5.75 Å². The number of carbonyl (C=O) groups is 1. The molecule has 0 aliphatic rings. The second-order valence-electron chi connectivity index (χ2n) is 5.36. The fourth-order valence-corrected chi connectivity index (χ4v) is 1.94. The summed E-state index contributed by atoms with van der Waals surface area (Å²) >= 11 is 3.43. The monoisotopic (exact) mass is 359 g/mol. The minimum Gasteiger partial charge on any atom is -0.493 e. The zero-order chi connectivity index (χ0) is 16.0. The summed E-state index contributed by atoms with van der Waals surface area (Å²) in [4.78, 5) is 12.4. The van der Waals surface area contributed by atoms with Gasteiger partial charge in [0.1, 0.15) is 0 Å². The summed E-state index contributed by atoms with van der Waals surface area (Å²) in [6.07, 6.45) is 0. The van der Waals surface area contributed by atoms with E-state index in [2.05, 4.69) is 35.1 Å². The molecule has 0 spiro atoms. The van der Waals surface area contributed by atoms with Gasteiger partial charge in [-0.2, -0.15) is 0 Å². The standard InChI is InChI=1S/C15H22BrNO4/c1-15(2,8-16)9-17-14(18)10-6-7-11(19-3)13(21-5)12(10)20-4/h6-7H,8-9H2,1-5H3,(H,17,18). The van der Waals surface area contributed by atoms with Crippen molar-refractivity contribution in [1.29, 1.82) is 0 Å². The molecule has 0 unspecified atom stereocenters. The lowest BCUT2D eigenvalue weighted by atomic mass is 9.96. The molecule has 0 aliphatic carbocycles. The molecule has 0 saturated carbocycles. The van der Waals surface area contributed by atoms with Crippen molar-refractivity contribution in [3.05, 3.63) is 17.7 Å². The van der Waals surface area contributed by atoms with Gasteiger partial charge >= 0.3 is 0 Å². The molecular weight excluding hydrogens is 338 g/mol. The molecular formula is C15H22BrNO4. The Morgan fingerprint density at radius 1 is 1.14 bits per heavy atom. The van der Waals surface area contributed by atoms with Gasteiger partial charge in [0.05, 0.1) is 26.9 Å². The van der Waals surface area contributed by atoms with Crippen LogP contribution in [0.3, 0.4) is 0 Å². The first-order valence-corrected chi connectivity index (χ1v) is 7.65. The van der Waals surface area contributed by atoms with Gasteiger partial charge in [-0.25, -0.2) is 0 Å². The SMILES string of the molecule is COc1ccc(C(=O)NCC(C)(C)CBr)c(OC)c1OC. The Bertz CT molecular complexity index is 503. The minimum absolute atomic E-state index is 0.0283. The van der Waals surface area contributed by atoms with E-state index in [1.54, 1.807) is 12.1 Å². The number of benzene rings is 1. The molecule has 0 aromatic heterocycles. The van der Waals surface area contributed by atoms with Crippen LogP contribution in [0.5, 0.6) is 17.2 Å². The highest BCUT2D eigenvalue weighted by Gasteiger charge is 2.23. The van der Waals surface area contributed by atoms with Crippen LogP contribution in [0.25, 0.3) is 0 Å². The van der Waals surface area contributed by atoms with Crippen LogP contribution in [0, 0.1) is 5.41 Å². The van der Waals surface area contributed by atoms with Crippen LogP contribution in [0.15, 0.2) is 12.1 Å². The summed E-state index contributed by atoms with van der Waals surface area (Å²) < 4.78 is 15.8. The quantitative estimate of drug-likeness (QED) is 0.760. The fourth-order valence-electron chi connectivity index (χ4n) is 1.74. The molecule has 0 bridgehead atoms.